The lowest BCUT2D eigenvalue weighted by Gasteiger charge is -2.08. The van der Waals surface area contributed by atoms with Gasteiger partial charge in [0.15, 0.2) is 0 Å². The van der Waals surface area contributed by atoms with Gasteiger partial charge in [0.25, 0.3) is 5.91 Å². The summed E-state index contributed by atoms with van der Waals surface area (Å²) in [5, 5.41) is 6.19. The quantitative estimate of drug-likeness (QED) is 0.613. The fourth-order valence-corrected chi connectivity index (χ4v) is 2.60. The minimum Gasteiger partial charge on any atom is -0.366 e. The first-order valence-corrected chi connectivity index (χ1v) is 8.72. The molecule has 1 amide bonds. The number of carbonyl (C=O) groups excluding carboxylic acids is 1. The van der Waals surface area contributed by atoms with Crippen LogP contribution in [0.15, 0.2) is 73.2 Å². The summed E-state index contributed by atoms with van der Waals surface area (Å²) in [6.07, 6.45) is 7.02. The lowest BCUT2D eigenvalue weighted by molar-refractivity contribution is 0.0953. The van der Waals surface area contributed by atoms with Crippen molar-refractivity contribution in [1.82, 2.24) is 15.3 Å². The molecule has 0 radical (unpaired) electrons. The van der Waals surface area contributed by atoms with E-state index < -0.39 is 0 Å². The van der Waals surface area contributed by atoms with Crippen molar-refractivity contribution in [2.24, 2.45) is 0 Å². The van der Waals surface area contributed by atoms with Gasteiger partial charge >= 0.3 is 0 Å². The number of anilines is 1. The SMILES string of the molecule is O=C(NCCCc1ccccc1)c1ccnc(NCc2ccncc2)c1. The topological polar surface area (TPSA) is 66.9 Å². The Labute approximate surface area is 153 Å². The molecule has 1 aromatic carbocycles. The zero-order chi connectivity index (χ0) is 18.0. The Bertz CT molecular complexity index is 822. The van der Waals surface area contributed by atoms with E-state index in [1.54, 1.807) is 30.7 Å². The van der Waals surface area contributed by atoms with Gasteiger partial charge in [0.05, 0.1) is 0 Å². The molecule has 26 heavy (non-hydrogen) atoms. The van der Waals surface area contributed by atoms with E-state index in [2.05, 4.69) is 32.7 Å². The molecule has 0 spiro atoms. The van der Waals surface area contributed by atoms with Crippen LogP contribution in [0.25, 0.3) is 0 Å². The van der Waals surface area contributed by atoms with Crippen molar-refractivity contribution in [3.63, 3.8) is 0 Å². The third kappa shape index (κ3) is 5.41. The number of carbonyl (C=O) groups is 1. The van der Waals surface area contributed by atoms with Gasteiger partial charge in [-0.1, -0.05) is 30.3 Å². The van der Waals surface area contributed by atoms with E-state index in [-0.39, 0.29) is 5.91 Å². The van der Waals surface area contributed by atoms with E-state index in [0.717, 1.165) is 18.4 Å². The van der Waals surface area contributed by atoms with Gasteiger partial charge in [-0.3, -0.25) is 9.78 Å². The Balaban J connectivity index is 1.46. The van der Waals surface area contributed by atoms with Crippen molar-refractivity contribution in [1.29, 1.82) is 0 Å². The van der Waals surface area contributed by atoms with Gasteiger partial charge in [0.1, 0.15) is 5.82 Å². The van der Waals surface area contributed by atoms with Crippen LogP contribution in [-0.2, 0) is 13.0 Å². The van der Waals surface area contributed by atoms with Gasteiger partial charge in [-0.05, 0) is 48.2 Å². The number of benzene rings is 1. The monoisotopic (exact) mass is 346 g/mol. The molecule has 0 aliphatic rings. The Morgan fingerprint density at radius 2 is 1.73 bits per heavy atom. The number of nitrogens with zero attached hydrogens (tertiary/aromatic N) is 2. The van der Waals surface area contributed by atoms with E-state index in [1.807, 2.05) is 30.3 Å². The molecule has 2 aromatic heterocycles. The van der Waals surface area contributed by atoms with Crippen LogP contribution in [0.5, 0.6) is 0 Å². The molecule has 3 aromatic rings. The number of rotatable bonds is 8. The molecule has 0 atom stereocenters. The van der Waals surface area contributed by atoms with Crippen LogP contribution in [0.1, 0.15) is 27.9 Å². The van der Waals surface area contributed by atoms with E-state index >= 15 is 0 Å². The lowest BCUT2D eigenvalue weighted by atomic mass is 10.1. The second kappa shape index (κ2) is 9.32. The number of amides is 1. The van der Waals surface area contributed by atoms with Gasteiger partial charge in [0.2, 0.25) is 0 Å². The summed E-state index contributed by atoms with van der Waals surface area (Å²) in [6.45, 7) is 1.29. The molecule has 0 fully saturated rings. The lowest BCUT2D eigenvalue weighted by Crippen LogP contribution is -2.25. The number of aromatic nitrogens is 2. The summed E-state index contributed by atoms with van der Waals surface area (Å²) < 4.78 is 0. The third-order valence-electron chi connectivity index (χ3n) is 4.02. The maximum absolute atomic E-state index is 12.3. The van der Waals surface area contributed by atoms with Crippen LogP contribution in [0.2, 0.25) is 0 Å². The number of hydrogen-bond acceptors (Lipinski definition) is 4. The zero-order valence-electron chi connectivity index (χ0n) is 14.6. The van der Waals surface area contributed by atoms with Crippen molar-refractivity contribution in [3.8, 4) is 0 Å². The average Bonchev–Trinajstić information content (AvgIpc) is 2.71. The normalized spacial score (nSPS) is 10.3. The van der Waals surface area contributed by atoms with Crippen molar-refractivity contribution >= 4 is 11.7 Å². The highest BCUT2D eigenvalue weighted by atomic mass is 16.1. The van der Waals surface area contributed by atoms with Crippen molar-refractivity contribution in [2.45, 2.75) is 19.4 Å². The summed E-state index contributed by atoms with van der Waals surface area (Å²) in [4.78, 5) is 20.6. The first-order chi connectivity index (χ1) is 12.8. The molecule has 0 saturated carbocycles. The van der Waals surface area contributed by atoms with E-state index in [9.17, 15) is 4.79 Å². The summed E-state index contributed by atoms with van der Waals surface area (Å²) in [5.74, 6) is 0.603. The van der Waals surface area contributed by atoms with Gasteiger partial charge < -0.3 is 10.6 Å². The average molecular weight is 346 g/mol. The van der Waals surface area contributed by atoms with Crippen LogP contribution >= 0.6 is 0 Å². The molecule has 2 N–H and O–H groups in total. The van der Waals surface area contributed by atoms with E-state index in [1.165, 1.54) is 5.56 Å². The summed E-state index contributed by atoms with van der Waals surface area (Å²) in [5.41, 5.74) is 3.00. The third-order valence-corrected chi connectivity index (χ3v) is 4.02. The highest BCUT2D eigenvalue weighted by molar-refractivity contribution is 5.94. The fourth-order valence-electron chi connectivity index (χ4n) is 2.60. The molecule has 5 heteroatoms. The first kappa shape index (κ1) is 17.6. The van der Waals surface area contributed by atoms with Gasteiger partial charge in [0, 0.05) is 37.2 Å². The summed E-state index contributed by atoms with van der Waals surface area (Å²) >= 11 is 0. The minimum atomic E-state index is -0.0765. The van der Waals surface area contributed by atoms with E-state index in [4.69, 9.17) is 0 Å². The van der Waals surface area contributed by atoms with E-state index in [0.29, 0.717) is 24.5 Å². The maximum Gasteiger partial charge on any atom is 0.251 e. The standard InChI is InChI=1S/C21H22N4O/c26-21(24-11-4-7-17-5-2-1-3-6-17)19-10-14-23-20(15-19)25-16-18-8-12-22-13-9-18/h1-3,5-6,8-10,12-15H,4,7,11,16H2,(H,23,25)(H,24,26). The Morgan fingerprint density at radius 1 is 0.923 bits per heavy atom. The smallest absolute Gasteiger partial charge is 0.251 e. The highest BCUT2D eigenvalue weighted by Gasteiger charge is 2.06. The van der Waals surface area contributed by atoms with Crippen LogP contribution in [-0.4, -0.2) is 22.4 Å². The Kier molecular flexibility index (Phi) is 6.31. The molecule has 0 unspecified atom stereocenters. The Hall–Kier alpha value is -3.21. The zero-order valence-corrected chi connectivity index (χ0v) is 14.6. The molecular formula is C21H22N4O. The van der Waals surface area contributed by atoms with Gasteiger partial charge in [-0.15, -0.1) is 0 Å². The van der Waals surface area contributed by atoms with Crippen molar-refractivity contribution in [2.75, 3.05) is 11.9 Å². The number of aryl methyl sites for hydroxylation is 1. The number of pyridine rings is 2. The second-order valence-electron chi connectivity index (χ2n) is 5.98. The van der Waals surface area contributed by atoms with Crippen LogP contribution in [0.4, 0.5) is 5.82 Å². The molecule has 2 heterocycles. The summed E-state index contributed by atoms with van der Waals surface area (Å²) in [6, 6.07) is 17.7. The maximum atomic E-state index is 12.3. The van der Waals surface area contributed by atoms with Crippen molar-refractivity contribution in [3.05, 3.63) is 89.9 Å². The predicted molar refractivity (Wildman–Crippen MR) is 103 cm³/mol. The first-order valence-electron chi connectivity index (χ1n) is 8.72. The molecule has 0 saturated heterocycles. The Morgan fingerprint density at radius 3 is 2.54 bits per heavy atom. The van der Waals surface area contributed by atoms with Crippen LogP contribution in [0.3, 0.4) is 0 Å². The van der Waals surface area contributed by atoms with Gasteiger partial charge in [-0.2, -0.15) is 0 Å². The largest absolute Gasteiger partial charge is 0.366 e. The fraction of sp³-hybridized carbons (Fsp3) is 0.190. The highest BCUT2D eigenvalue weighted by Crippen LogP contribution is 2.09. The molecule has 0 aliphatic heterocycles. The van der Waals surface area contributed by atoms with Crippen LogP contribution in [0, 0.1) is 0 Å². The summed E-state index contributed by atoms with van der Waals surface area (Å²) in [7, 11) is 0. The number of hydrogen-bond donors (Lipinski definition) is 2. The molecule has 3 rings (SSSR count). The number of nitrogens with one attached hydrogen (secondary N) is 2. The van der Waals surface area contributed by atoms with Crippen molar-refractivity contribution < 1.29 is 4.79 Å². The van der Waals surface area contributed by atoms with Gasteiger partial charge in [-0.25, -0.2) is 4.98 Å². The molecule has 5 nitrogen and oxygen atoms in total. The predicted octanol–water partition coefficient (Wildman–Crippen LogP) is 3.45. The molecular weight excluding hydrogens is 324 g/mol. The molecule has 0 aliphatic carbocycles. The second-order valence-corrected chi connectivity index (χ2v) is 5.98. The molecule has 132 valence electrons. The minimum absolute atomic E-state index is 0.0765. The van der Waals surface area contributed by atoms with Crippen LogP contribution < -0.4 is 10.6 Å². The molecule has 0 bridgehead atoms.